The number of carboxylic acids is 1. The lowest BCUT2D eigenvalue weighted by Crippen LogP contribution is -2.47. The van der Waals surface area contributed by atoms with Gasteiger partial charge in [-0.1, -0.05) is 12.1 Å². The number of nitrogens with zero attached hydrogens (tertiary/aromatic N) is 1. The Bertz CT molecular complexity index is 763. The van der Waals surface area contributed by atoms with Crippen LogP contribution in [-0.2, 0) is 26.0 Å². The standard InChI is InChI=1S/C18H26N2O6S/c1-3-26-15-8-6-13(7-9-15)11-14(18(22)23)12-19-17(21)16-5-4-10-20(16)27(2,24)25/h6-9,14,16H,3-5,10-12H2,1-2H3,(H,19,21)(H,22,23)/t14-,16+/m1/s1. The van der Waals surface area contributed by atoms with E-state index in [9.17, 15) is 23.1 Å². The van der Waals surface area contributed by atoms with Gasteiger partial charge >= 0.3 is 5.97 Å². The minimum absolute atomic E-state index is 0.0600. The molecule has 1 fully saturated rings. The van der Waals surface area contributed by atoms with E-state index < -0.39 is 33.9 Å². The third kappa shape index (κ3) is 5.93. The van der Waals surface area contributed by atoms with Crippen LogP contribution in [0.1, 0.15) is 25.3 Å². The average Bonchev–Trinajstić information content (AvgIpc) is 3.10. The van der Waals surface area contributed by atoms with E-state index in [4.69, 9.17) is 4.74 Å². The Morgan fingerprint density at radius 2 is 2.00 bits per heavy atom. The van der Waals surface area contributed by atoms with Crippen LogP contribution in [-0.4, -0.2) is 61.7 Å². The fourth-order valence-electron chi connectivity index (χ4n) is 3.16. The van der Waals surface area contributed by atoms with Gasteiger partial charge in [-0.25, -0.2) is 8.42 Å². The highest BCUT2D eigenvalue weighted by Crippen LogP contribution is 2.21. The molecule has 1 aromatic rings. The number of carbonyl (C=O) groups excluding carboxylic acids is 1. The van der Waals surface area contributed by atoms with Crippen molar-refractivity contribution >= 4 is 21.9 Å². The number of hydrogen-bond donors (Lipinski definition) is 2. The van der Waals surface area contributed by atoms with Crippen LogP contribution >= 0.6 is 0 Å². The van der Waals surface area contributed by atoms with Gasteiger partial charge in [0.25, 0.3) is 0 Å². The summed E-state index contributed by atoms with van der Waals surface area (Å²) in [5, 5.41) is 12.1. The molecular formula is C18H26N2O6S. The van der Waals surface area contributed by atoms with Gasteiger partial charge in [-0.2, -0.15) is 4.31 Å². The number of rotatable bonds is 9. The molecule has 2 rings (SSSR count). The molecule has 2 atom stereocenters. The normalized spacial score (nSPS) is 18.8. The number of hydrogen-bond acceptors (Lipinski definition) is 5. The van der Waals surface area contributed by atoms with Crippen molar-refractivity contribution in [3.63, 3.8) is 0 Å². The number of nitrogens with one attached hydrogen (secondary N) is 1. The van der Waals surface area contributed by atoms with Gasteiger partial charge in [0.2, 0.25) is 15.9 Å². The third-order valence-electron chi connectivity index (χ3n) is 4.52. The van der Waals surface area contributed by atoms with Crippen LogP contribution in [0.2, 0.25) is 0 Å². The summed E-state index contributed by atoms with van der Waals surface area (Å²) >= 11 is 0. The van der Waals surface area contributed by atoms with E-state index >= 15 is 0 Å². The number of aliphatic carboxylic acids is 1. The zero-order valence-electron chi connectivity index (χ0n) is 15.6. The summed E-state index contributed by atoms with van der Waals surface area (Å²) < 4.78 is 30.0. The minimum Gasteiger partial charge on any atom is -0.494 e. The SMILES string of the molecule is CCOc1ccc(C[C@H](CNC(=O)[C@@H]2CCCN2S(C)(=O)=O)C(=O)O)cc1. The molecule has 0 saturated carbocycles. The third-order valence-corrected chi connectivity index (χ3v) is 5.81. The lowest BCUT2D eigenvalue weighted by molar-refractivity contribution is -0.141. The van der Waals surface area contributed by atoms with Crippen LogP contribution in [0.15, 0.2) is 24.3 Å². The summed E-state index contributed by atoms with van der Waals surface area (Å²) in [4.78, 5) is 23.9. The average molecular weight is 398 g/mol. The maximum absolute atomic E-state index is 12.4. The topological polar surface area (TPSA) is 113 Å². The van der Waals surface area contributed by atoms with E-state index in [1.54, 1.807) is 24.3 Å². The molecule has 0 radical (unpaired) electrons. The molecular weight excluding hydrogens is 372 g/mol. The van der Waals surface area contributed by atoms with Gasteiger partial charge in [0.15, 0.2) is 0 Å². The molecule has 1 aliphatic heterocycles. The molecule has 150 valence electrons. The van der Waals surface area contributed by atoms with Crippen molar-refractivity contribution in [2.75, 3.05) is 26.0 Å². The van der Waals surface area contributed by atoms with E-state index in [1.165, 1.54) is 4.31 Å². The highest BCUT2D eigenvalue weighted by atomic mass is 32.2. The van der Waals surface area contributed by atoms with Crippen LogP contribution in [0.4, 0.5) is 0 Å². The van der Waals surface area contributed by atoms with E-state index in [0.717, 1.165) is 11.8 Å². The molecule has 2 N–H and O–H groups in total. The quantitative estimate of drug-likeness (QED) is 0.638. The number of ether oxygens (including phenoxy) is 1. The summed E-state index contributed by atoms with van der Waals surface area (Å²) in [6, 6.07) is 6.38. The highest BCUT2D eigenvalue weighted by molar-refractivity contribution is 7.88. The number of carboxylic acid groups (broad SMARTS) is 1. The maximum atomic E-state index is 12.4. The lowest BCUT2D eigenvalue weighted by Gasteiger charge is -2.22. The first-order valence-electron chi connectivity index (χ1n) is 8.91. The second-order valence-electron chi connectivity index (χ2n) is 6.59. The predicted octanol–water partition coefficient (Wildman–Crippen LogP) is 0.869. The molecule has 1 aliphatic rings. The smallest absolute Gasteiger partial charge is 0.308 e. The van der Waals surface area contributed by atoms with Crippen molar-refractivity contribution in [1.29, 1.82) is 0 Å². The Kier molecular flexibility index (Phi) is 7.20. The van der Waals surface area contributed by atoms with Crippen LogP contribution in [0.5, 0.6) is 5.75 Å². The van der Waals surface area contributed by atoms with Crippen LogP contribution in [0, 0.1) is 5.92 Å². The van der Waals surface area contributed by atoms with E-state index in [0.29, 0.717) is 31.7 Å². The molecule has 0 spiro atoms. The lowest BCUT2D eigenvalue weighted by atomic mass is 9.99. The molecule has 0 unspecified atom stereocenters. The summed E-state index contributed by atoms with van der Waals surface area (Å²) in [6.07, 6.45) is 2.38. The van der Waals surface area contributed by atoms with Gasteiger partial charge in [0, 0.05) is 13.1 Å². The largest absolute Gasteiger partial charge is 0.494 e. The molecule has 0 aromatic heterocycles. The zero-order valence-corrected chi connectivity index (χ0v) is 16.4. The van der Waals surface area contributed by atoms with Crippen molar-refractivity contribution in [2.24, 2.45) is 5.92 Å². The van der Waals surface area contributed by atoms with Crippen molar-refractivity contribution in [3.8, 4) is 5.75 Å². The van der Waals surface area contributed by atoms with Crippen LogP contribution in [0.25, 0.3) is 0 Å². The van der Waals surface area contributed by atoms with Gasteiger partial charge in [-0.05, 0) is 43.9 Å². The summed E-state index contributed by atoms with van der Waals surface area (Å²) in [7, 11) is -3.46. The van der Waals surface area contributed by atoms with Gasteiger partial charge in [0.05, 0.1) is 18.8 Å². The molecule has 1 heterocycles. The molecule has 1 amide bonds. The van der Waals surface area contributed by atoms with Gasteiger partial charge in [-0.15, -0.1) is 0 Å². The molecule has 27 heavy (non-hydrogen) atoms. The Labute approximate surface area is 159 Å². The maximum Gasteiger partial charge on any atom is 0.308 e. The van der Waals surface area contributed by atoms with Crippen molar-refractivity contribution in [2.45, 2.75) is 32.2 Å². The van der Waals surface area contributed by atoms with Crippen molar-refractivity contribution in [1.82, 2.24) is 9.62 Å². The molecule has 0 aliphatic carbocycles. The van der Waals surface area contributed by atoms with Crippen LogP contribution < -0.4 is 10.1 Å². The van der Waals surface area contributed by atoms with E-state index in [1.807, 2.05) is 6.92 Å². The van der Waals surface area contributed by atoms with Gasteiger partial charge < -0.3 is 15.2 Å². The summed E-state index contributed by atoms with van der Waals surface area (Å²) in [5.74, 6) is -1.56. The Morgan fingerprint density at radius 3 is 2.56 bits per heavy atom. The predicted molar refractivity (Wildman–Crippen MR) is 100 cm³/mol. The van der Waals surface area contributed by atoms with Crippen molar-refractivity contribution in [3.05, 3.63) is 29.8 Å². The second-order valence-corrected chi connectivity index (χ2v) is 8.53. The highest BCUT2D eigenvalue weighted by Gasteiger charge is 2.36. The number of benzene rings is 1. The monoisotopic (exact) mass is 398 g/mol. The second kappa shape index (κ2) is 9.18. The van der Waals surface area contributed by atoms with Crippen LogP contribution in [0.3, 0.4) is 0 Å². The Balaban J connectivity index is 1.96. The Morgan fingerprint density at radius 1 is 1.33 bits per heavy atom. The zero-order chi connectivity index (χ0) is 20.0. The fourth-order valence-corrected chi connectivity index (χ4v) is 4.28. The van der Waals surface area contributed by atoms with Gasteiger partial charge in [0.1, 0.15) is 11.8 Å². The summed E-state index contributed by atoms with van der Waals surface area (Å²) in [6.45, 7) is 2.68. The van der Waals surface area contributed by atoms with E-state index in [2.05, 4.69) is 5.32 Å². The number of carbonyl (C=O) groups is 2. The molecule has 0 bridgehead atoms. The molecule has 1 saturated heterocycles. The molecule has 1 aromatic carbocycles. The fraction of sp³-hybridized carbons (Fsp3) is 0.556. The first kappa shape index (κ1) is 21.2. The van der Waals surface area contributed by atoms with Gasteiger partial charge in [-0.3, -0.25) is 9.59 Å². The molecule has 8 nitrogen and oxygen atoms in total. The number of sulfonamides is 1. The summed E-state index contributed by atoms with van der Waals surface area (Å²) in [5.41, 5.74) is 0.818. The molecule has 9 heteroatoms. The Hall–Kier alpha value is -2.13. The number of amides is 1. The van der Waals surface area contributed by atoms with Crippen molar-refractivity contribution < 1.29 is 27.9 Å². The first-order chi connectivity index (χ1) is 12.7. The first-order valence-corrected chi connectivity index (χ1v) is 10.8. The van der Waals surface area contributed by atoms with E-state index in [-0.39, 0.29) is 13.0 Å². The minimum atomic E-state index is -3.46.